The molecule has 112 valence electrons. The van der Waals surface area contributed by atoms with Crippen molar-refractivity contribution in [2.24, 2.45) is 0 Å². The van der Waals surface area contributed by atoms with Crippen molar-refractivity contribution in [2.45, 2.75) is 56.4 Å². The molecule has 0 aliphatic heterocycles. The maximum Gasteiger partial charge on any atom is 0.244 e. The molecule has 0 atom stereocenters. The Labute approximate surface area is 121 Å². The highest BCUT2D eigenvalue weighted by molar-refractivity contribution is 7.89. The van der Waals surface area contributed by atoms with Crippen molar-refractivity contribution < 1.29 is 13.2 Å². The van der Waals surface area contributed by atoms with Crippen LogP contribution in [-0.4, -0.2) is 21.6 Å². The number of hydrogen-bond acceptors (Lipinski definition) is 3. The lowest BCUT2D eigenvalue weighted by atomic mass is 9.96. The summed E-state index contributed by atoms with van der Waals surface area (Å²) in [6, 6.07) is 5.40. The van der Waals surface area contributed by atoms with Crippen LogP contribution < -0.4 is 9.46 Å². The molecule has 5 heteroatoms. The van der Waals surface area contributed by atoms with Gasteiger partial charge in [0, 0.05) is 6.04 Å². The van der Waals surface area contributed by atoms with E-state index in [4.69, 9.17) is 4.74 Å². The number of sulfonamides is 1. The third-order valence-corrected chi connectivity index (χ3v) is 5.39. The van der Waals surface area contributed by atoms with Gasteiger partial charge in [-0.15, -0.1) is 0 Å². The van der Waals surface area contributed by atoms with E-state index in [-0.39, 0.29) is 10.9 Å². The Morgan fingerprint density at radius 3 is 2.55 bits per heavy atom. The van der Waals surface area contributed by atoms with Crippen molar-refractivity contribution in [2.75, 3.05) is 7.11 Å². The van der Waals surface area contributed by atoms with Gasteiger partial charge >= 0.3 is 0 Å². The molecule has 0 bridgehead atoms. The number of nitrogens with one attached hydrogen (secondary N) is 1. The van der Waals surface area contributed by atoms with Crippen LogP contribution in [-0.2, 0) is 16.4 Å². The lowest BCUT2D eigenvalue weighted by Gasteiger charge is -2.23. The van der Waals surface area contributed by atoms with Crippen molar-refractivity contribution >= 4 is 10.0 Å². The van der Waals surface area contributed by atoms with Crippen LogP contribution in [0, 0.1) is 0 Å². The highest BCUT2D eigenvalue weighted by Crippen LogP contribution is 2.27. The van der Waals surface area contributed by atoms with E-state index in [1.807, 2.05) is 13.0 Å². The zero-order valence-electron chi connectivity index (χ0n) is 12.2. The summed E-state index contributed by atoms with van der Waals surface area (Å²) >= 11 is 0. The second kappa shape index (κ2) is 6.59. The molecule has 0 spiro atoms. The fourth-order valence-electron chi connectivity index (χ4n) is 2.65. The zero-order chi connectivity index (χ0) is 14.6. The van der Waals surface area contributed by atoms with E-state index >= 15 is 0 Å². The molecule has 0 radical (unpaired) electrons. The SMILES string of the molecule is CCc1ccc(OC)c(S(=O)(=O)NC2CCCCC2)c1. The van der Waals surface area contributed by atoms with E-state index in [1.165, 1.54) is 13.5 Å². The van der Waals surface area contributed by atoms with Crippen LogP contribution >= 0.6 is 0 Å². The Morgan fingerprint density at radius 2 is 1.95 bits per heavy atom. The monoisotopic (exact) mass is 297 g/mol. The average Bonchev–Trinajstić information content (AvgIpc) is 2.47. The number of methoxy groups -OCH3 is 1. The summed E-state index contributed by atoms with van der Waals surface area (Å²) in [5, 5.41) is 0. The fraction of sp³-hybridized carbons (Fsp3) is 0.600. The predicted octanol–water partition coefficient (Wildman–Crippen LogP) is 2.87. The topological polar surface area (TPSA) is 55.4 Å². The second-order valence-electron chi connectivity index (χ2n) is 5.29. The quantitative estimate of drug-likeness (QED) is 0.909. The molecule has 2 rings (SSSR count). The van der Waals surface area contributed by atoms with Gasteiger partial charge in [-0.05, 0) is 37.0 Å². The van der Waals surface area contributed by atoms with E-state index < -0.39 is 10.0 Å². The second-order valence-corrected chi connectivity index (χ2v) is 6.98. The number of aryl methyl sites for hydroxylation is 1. The third-order valence-electron chi connectivity index (χ3n) is 3.85. The van der Waals surface area contributed by atoms with Gasteiger partial charge in [-0.2, -0.15) is 0 Å². The van der Waals surface area contributed by atoms with Crippen LogP contribution in [0.1, 0.15) is 44.6 Å². The molecule has 1 N–H and O–H groups in total. The van der Waals surface area contributed by atoms with Gasteiger partial charge < -0.3 is 4.74 Å². The normalized spacial score (nSPS) is 17.1. The standard InChI is InChI=1S/C15H23NO3S/c1-3-12-9-10-14(19-2)15(11-12)20(17,18)16-13-7-5-4-6-8-13/h9-11,13,16H,3-8H2,1-2H3. The van der Waals surface area contributed by atoms with Crippen molar-refractivity contribution in [1.82, 2.24) is 4.72 Å². The molecular weight excluding hydrogens is 274 g/mol. The Morgan fingerprint density at radius 1 is 1.25 bits per heavy atom. The third kappa shape index (κ3) is 3.52. The molecule has 0 aromatic heterocycles. The van der Waals surface area contributed by atoms with E-state index in [0.29, 0.717) is 5.75 Å². The van der Waals surface area contributed by atoms with Crippen LogP contribution in [0.15, 0.2) is 23.1 Å². The lowest BCUT2D eigenvalue weighted by Crippen LogP contribution is -2.36. The minimum atomic E-state index is -3.51. The molecule has 0 heterocycles. The van der Waals surface area contributed by atoms with Gasteiger partial charge in [0.2, 0.25) is 10.0 Å². The molecule has 1 saturated carbocycles. The largest absolute Gasteiger partial charge is 0.495 e. The predicted molar refractivity (Wildman–Crippen MR) is 79.6 cm³/mol. The van der Waals surface area contributed by atoms with Gasteiger partial charge in [-0.3, -0.25) is 0 Å². The first-order valence-electron chi connectivity index (χ1n) is 7.26. The summed E-state index contributed by atoms with van der Waals surface area (Å²) in [5.74, 6) is 0.408. The Kier molecular flexibility index (Phi) is 5.05. The molecule has 0 amide bonds. The smallest absolute Gasteiger partial charge is 0.244 e. The van der Waals surface area contributed by atoms with E-state index in [9.17, 15) is 8.42 Å². The summed E-state index contributed by atoms with van der Waals surface area (Å²) in [7, 11) is -2.01. The number of benzene rings is 1. The summed E-state index contributed by atoms with van der Waals surface area (Å²) in [5.41, 5.74) is 0.995. The summed E-state index contributed by atoms with van der Waals surface area (Å²) in [4.78, 5) is 0.255. The minimum absolute atomic E-state index is 0.0590. The molecular formula is C15H23NO3S. The maximum absolute atomic E-state index is 12.6. The van der Waals surface area contributed by atoms with Crippen molar-refractivity contribution in [3.05, 3.63) is 23.8 Å². The molecule has 1 aliphatic carbocycles. The van der Waals surface area contributed by atoms with Crippen molar-refractivity contribution in [1.29, 1.82) is 0 Å². The van der Waals surface area contributed by atoms with Crippen LogP contribution in [0.2, 0.25) is 0 Å². The van der Waals surface area contributed by atoms with E-state index in [0.717, 1.165) is 37.7 Å². The van der Waals surface area contributed by atoms with E-state index in [2.05, 4.69) is 4.72 Å². The Hall–Kier alpha value is -1.07. The van der Waals surface area contributed by atoms with Gasteiger partial charge in [-0.1, -0.05) is 32.3 Å². The fourth-order valence-corrected chi connectivity index (χ4v) is 4.18. The van der Waals surface area contributed by atoms with Crippen molar-refractivity contribution in [3.8, 4) is 5.75 Å². The number of hydrogen-bond donors (Lipinski definition) is 1. The highest BCUT2D eigenvalue weighted by atomic mass is 32.2. The van der Waals surface area contributed by atoms with Gasteiger partial charge in [0.25, 0.3) is 0 Å². The number of ether oxygens (including phenoxy) is 1. The average molecular weight is 297 g/mol. The van der Waals surface area contributed by atoms with Crippen LogP contribution in [0.3, 0.4) is 0 Å². The van der Waals surface area contributed by atoms with E-state index in [1.54, 1.807) is 12.1 Å². The van der Waals surface area contributed by atoms with Gasteiger partial charge in [0.15, 0.2) is 0 Å². The van der Waals surface area contributed by atoms with Crippen LogP contribution in [0.5, 0.6) is 5.75 Å². The lowest BCUT2D eigenvalue weighted by molar-refractivity contribution is 0.396. The first-order chi connectivity index (χ1) is 9.56. The van der Waals surface area contributed by atoms with Gasteiger partial charge in [-0.25, -0.2) is 13.1 Å². The number of rotatable bonds is 5. The summed E-state index contributed by atoms with van der Waals surface area (Å²) < 4.78 is 33.1. The minimum Gasteiger partial charge on any atom is -0.495 e. The molecule has 1 fully saturated rings. The first kappa shape index (κ1) is 15.3. The van der Waals surface area contributed by atoms with Crippen molar-refractivity contribution in [3.63, 3.8) is 0 Å². The molecule has 20 heavy (non-hydrogen) atoms. The Bertz CT molecular complexity index is 548. The van der Waals surface area contributed by atoms with Crippen LogP contribution in [0.25, 0.3) is 0 Å². The summed E-state index contributed by atoms with van der Waals surface area (Å²) in [6.45, 7) is 2.01. The molecule has 1 aromatic carbocycles. The maximum atomic E-state index is 12.6. The highest BCUT2D eigenvalue weighted by Gasteiger charge is 2.24. The zero-order valence-corrected chi connectivity index (χ0v) is 13.0. The molecule has 0 saturated heterocycles. The van der Waals surface area contributed by atoms with Gasteiger partial charge in [0.05, 0.1) is 7.11 Å². The van der Waals surface area contributed by atoms with Crippen LogP contribution in [0.4, 0.5) is 0 Å². The van der Waals surface area contributed by atoms with Gasteiger partial charge in [0.1, 0.15) is 10.6 Å². The molecule has 1 aliphatic rings. The molecule has 1 aromatic rings. The molecule has 0 unspecified atom stereocenters. The first-order valence-corrected chi connectivity index (χ1v) is 8.74. The Balaban J connectivity index is 2.27. The summed E-state index contributed by atoms with van der Waals surface area (Å²) in [6.07, 6.45) is 6.05. The molecule has 4 nitrogen and oxygen atoms in total.